The summed E-state index contributed by atoms with van der Waals surface area (Å²) in [5, 5.41) is 11.2. The molecule has 1 amide bonds. The number of rotatable bonds is 7. The second kappa shape index (κ2) is 8.55. The number of amides is 1. The van der Waals surface area contributed by atoms with Crippen LogP contribution in [0.15, 0.2) is 55.2 Å². The van der Waals surface area contributed by atoms with Crippen LogP contribution < -0.4 is 5.32 Å². The van der Waals surface area contributed by atoms with Crippen LogP contribution in [-0.4, -0.2) is 5.91 Å². The molecule has 3 heteroatoms. The summed E-state index contributed by atoms with van der Waals surface area (Å²) in [6.45, 7) is 9.63. The molecule has 0 unspecified atom stereocenters. The maximum atomic E-state index is 11.4. The van der Waals surface area contributed by atoms with E-state index in [0.717, 1.165) is 29.7 Å². The Labute approximate surface area is 127 Å². The van der Waals surface area contributed by atoms with Gasteiger partial charge in [-0.2, -0.15) is 5.26 Å². The summed E-state index contributed by atoms with van der Waals surface area (Å²) in [6.07, 6.45) is 7.22. The molecule has 0 spiro atoms. The Morgan fingerprint density at radius 2 is 2.29 bits per heavy atom. The molecule has 0 fully saturated rings. The number of hydrogen-bond donors (Lipinski definition) is 1. The molecule has 0 aliphatic heterocycles. The van der Waals surface area contributed by atoms with Crippen LogP contribution in [0.3, 0.4) is 0 Å². The number of hydrogen-bond acceptors (Lipinski definition) is 2. The average Bonchev–Trinajstić information content (AvgIpc) is 2.44. The van der Waals surface area contributed by atoms with Crippen molar-refractivity contribution in [3.8, 4) is 6.07 Å². The van der Waals surface area contributed by atoms with Crippen LogP contribution in [0.4, 0.5) is 5.69 Å². The quantitative estimate of drug-likeness (QED) is 0.757. The molecule has 3 nitrogen and oxygen atoms in total. The van der Waals surface area contributed by atoms with Crippen molar-refractivity contribution in [3.05, 3.63) is 66.3 Å². The SMILES string of the molecule is C=C/C=C\C(=C)CCc1ccc(NC(=O)CC#N)cc1C.[HH]. The number of carbonyl (C=O) groups excluding carboxylic acids is 1. The lowest BCUT2D eigenvalue weighted by molar-refractivity contribution is -0.115. The van der Waals surface area contributed by atoms with Crippen molar-refractivity contribution in [3.63, 3.8) is 0 Å². The maximum absolute atomic E-state index is 11.4. The van der Waals surface area contributed by atoms with Gasteiger partial charge in [0, 0.05) is 7.11 Å². The van der Waals surface area contributed by atoms with E-state index in [1.165, 1.54) is 5.56 Å². The fourth-order valence-corrected chi connectivity index (χ4v) is 1.91. The van der Waals surface area contributed by atoms with E-state index in [1.54, 1.807) is 6.08 Å². The Morgan fingerprint density at radius 1 is 1.52 bits per heavy atom. The molecule has 0 aliphatic rings. The molecule has 21 heavy (non-hydrogen) atoms. The van der Waals surface area contributed by atoms with Gasteiger partial charge in [-0.25, -0.2) is 0 Å². The van der Waals surface area contributed by atoms with Crippen LogP contribution in [0, 0.1) is 18.3 Å². The Hall–Kier alpha value is -2.60. The van der Waals surface area contributed by atoms with Gasteiger partial charge in [0.25, 0.3) is 0 Å². The van der Waals surface area contributed by atoms with Gasteiger partial charge in [0.15, 0.2) is 0 Å². The van der Waals surface area contributed by atoms with Crippen molar-refractivity contribution in [2.75, 3.05) is 5.32 Å². The number of benzene rings is 1. The van der Waals surface area contributed by atoms with E-state index in [-0.39, 0.29) is 13.8 Å². The molecule has 0 saturated carbocycles. The Morgan fingerprint density at radius 3 is 2.90 bits per heavy atom. The number of carbonyl (C=O) groups is 1. The number of nitrogens with one attached hydrogen (secondary N) is 1. The van der Waals surface area contributed by atoms with E-state index >= 15 is 0 Å². The van der Waals surface area contributed by atoms with Gasteiger partial charge in [-0.15, -0.1) is 0 Å². The lowest BCUT2D eigenvalue weighted by Gasteiger charge is -2.09. The maximum Gasteiger partial charge on any atom is 0.238 e. The minimum absolute atomic E-state index is 0. The average molecular weight is 282 g/mol. The number of anilines is 1. The Balaban J connectivity index is 0.00000441. The van der Waals surface area contributed by atoms with Crippen LogP contribution in [0.25, 0.3) is 0 Å². The van der Waals surface area contributed by atoms with E-state index < -0.39 is 0 Å². The third-order valence-corrected chi connectivity index (χ3v) is 3.05. The van der Waals surface area contributed by atoms with Gasteiger partial charge >= 0.3 is 0 Å². The summed E-state index contributed by atoms with van der Waals surface area (Å²) in [6, 6.07) is 7.61. The van der Waals surface area contributed by atoms with Crippen molar-refractivity contribution >= 4 is 11.6 Å². The molecule has 110 valence electrons. The summed E-state index contributed by atoms with van der Waals surface area (Å²) in [7, 11) is 0. The zero-order valence-electron chi connectivity index (χ0n) is 12.4. The topological polar surface area (TPSA) is 52.9 Å². The molecule has 0 bridgehead atoms. The summed E-state index contributed by atoms with van der Waals surface area (Å²) in [5.74, 6) is -0.285. The fourth-order valence-electron chi connectivity index (χ4n) is 1.91. The minimum Gasteiger partial charge on any atom is -0.325 e. The normalized spacial score (nSPS) is 10.1. The first kappa shape index (κ1) is 16.5. The van der Waals surface area contributed by atoms with E-state index in [4.69, 9.17) is 5.26 Å². The van der Waals surface area contributed by atoms with Crippen molar-refractivity contribution in [2.24, 2.45) is 0 Å². The molecule has 0 aromatic heterocycles. The molecule has 0 radical (unpaired) electrons. The molecule has 1 rings (SSSR count). The minimum atomic E-state index is -0.285. The van der Waals surface area contributed by atoms with Crippen LogP contribution in [-0.2, 0) is 11.2 Å². The van der Waals surface area contributed by atoms with Crippen LogP contribution in [0.2, 0.25) is 0 Å². The van der Waals surface area contributed by atoms with E-state index in [1.807, 2.05) is 43.3 Å². The van der Waals surface area contributed by atoms with Gasteiger partial charge in [0.1, 0.15) is 6.42 Å². The molecule has 0 heterocycles. The zero-order valence-corrected chi connectivity index (χ0v) is 12.4. The number of allylic oxidation sites excluding steroid dienone is 4. The van der Waals surface area contributed by atoms with Gasteiger partial charge in [-0.3, -0.25) is 4.79 Å². The second-order valence-electron chi connectivity index (χ2n) is 4.78. The number of nitriles is 1. The van der Waals surface area contributed by atoms with Gasteiger partial charge in [0.2, 0.25) is 5.91 Å². The smallest absolute Gasteiger partial charge is 0.238 e. The lowest BCUT2D eigenvalue weighted by atomic mass is 10.0. The molecule has 0 atom stereocenters. The Bertz CT molecular complexity index is 612. The highest BCUT2D eigenvalue weighted by Gasteiger charge is 2.04. The van der Waals surface area contributed by atoms with E-state index in [9.17, 15) is 4.79 Å². The predicted octanol–water partition coefficient (Wildman–Crippen LogP) is 4.32. The molecule has 0 saturated heterocycles. The van der Waals surface area contributed by atoms with Gasteiger partial charge in [-0.05, 0) is 43.0 Å². The number of nitrogens with zero attached hydrogens (tertiary/aromatic N) is 1. The van der Waals surface area contributed by atoms with Crippen LogP contribution in [0.5, 0.6) is 0 Å². The predicted molar refractivity (Wildman–Crippen MR) is 89.0 cm³/mol. The molecule has 1 aromatic carbocycles. The van der Waals surface area contributed by atoms with Crippen molar-refractivity contribution < 1.29 is 6.22 Å². The molecular weight excluding hydrogens is 260 g/mol. The molecular formula is C18H22N2O. The zero-order chi connectivity index (χ0) is 15.7. The largest absolute Gasteiger partial charge is 0.325 e. The van der Waals surface area contributed by atoms with Crippen LogP contribution >= 0.6 is 0 Å². The first-order valence-electron chi connectivity index (χ1n) is 6.80. The van der Waals surface area contributed by atoms with E-state index in [0.29, 0.717) is 0 Å². The lowest BCUT2D eigenvalue weighted by Crippen LogP contribution is -2.10. The van der Waals surface area contributed by atoms with Gasteiger partial charge < -0.3 is 5.32 Å². The first-order valence-corrected chi connectivity index (χ1v) is 6.80. The van der Waals surface area contributed by atoms with Crippen molar-refractivity contribution in [2.45, 2.75) is 26.2 Å². The van der Waals surface area contributed by atoms with Gasteiger partial charge in [-0.1, -0.05) is 43.0 Å². The third-order valence-electron chi connectivity index (χ3n) is 3.05. The monoisotopic (exact) mass is 282 g/mol. The molecule has 1 N–H and O–H groups in total. The van der Waals surface area contributed by atoms with Crippen LogP contribution in [0.1, 0.15) is 25.4 Å². The second-order valence-corrected chi connectivity index (χ2v) is 4.78. The summed E-state index contributed by atoms with van der Waals surface area (Å²) >= 11 is 0. The fraction of sp³-hybridized carbons (Fsp3) is 0.222. The molecule has 0 aliphatic carbocycles. The summed E-state index contributed by atoms with van der Waals surface area (Å²) in [4.78, 5) is 11.4. The first-order chi connectivity index (χ1) is 10.1. The number of aryl methyl sites for hydroxylation is 2. The highest BCUT2D eigenvalue weighted by atomic mass is 16.1. The highest BCUT2D eigenvalue weighted by molar-refractivity contribution is 5.92. The standard InChI is InChI=1S/C18H20N2O.H2/c1-4-5-6-14(2)7-8-16-9-10-17(13-15(16)3)20-18(21)11-12-19;/h4-6,9-10,13H,1-2,7-8,11H2,3H3,(H,20,21);1H/b6-5-;. The Kier molecular flexibility index (Phi) is 6.70. The highest BCUT2D eigenvalue weighted by Crippen LogP contribution is 2.18. The van der Waals surface area contributed by atoms with Crippen molar-refractivity contribution in [1.29, 1.82) is 5.26 Å². The van der Waals surface area contributed by atoms with Gasteiger partial charge in [0.05, 0.1) is 6.07 Å². The third kappa shape index (κ3) is 5.92. The van der Waals surface area contributed by atoms with Crippen molar-refractivity contribution in [1.82, 2.24) is 0 Å². The van der Waals surface area contributed by atoms with E-state index in [2.05, 4.69) is 18.5 Å². The molecule has 1 aromatic rings. The summed E-state index contributed by atoms with van der Waals surface area (Å²) < 4.78 is 0. The summed E-state index contributed by atoms with van der Waals surface area (Å²) in [5.41, 5.74) is 4.12.